The van der Waals surface area contributed by atoms with E-state index in [2.05, 4.69) is 4.90 Å². The first kappa shape index (κ1) is 10.7. The van der Waals surface area contributed by atoms with Gasteiger partial charge in [0, 0.05) is 13.1 Å². The highest BCUT2D eigenvalue weighted by Crippen LogP contribution is 2.18. The van der Waals surface area contributed by atoms with Crippen LogP contribution in [-0.2, 0) is 13.1 Å². The Bertz CT molecular complexity index is 335. The van der Waals surface area contributed by atoms with E-state index >= 15 is 0 Å². The number of β-amino-alcohol motifs (C(OH)–C–C–N with tert-alkyl or cyclic N) is 1. The number of hydrogen-bond donors (Lipinski definition) is 2. The third-order valence-corrected chi connectivity index (χ3v) is 2.88. The normalized spacial score (nSPS) is 22.5. The van der Waals surface area contributed by atoms with Crippen molar-refractivity contribution in [3.63, 3.8) is 0 Å². The van der Waals surface area contributed by atoms with Crippen molar-refractivity contribution in [1.82, 2.24) is 4.90 Å². The molecule has 84 valence electrons. The number of likely N-dealkylation sites (tertiary alicyclic amines) is 1. The van der Waals surface area contributed by atoms with Crippen LogP contribution in [0.5, 0.6) is 0 Å². The highest BCUT2D eigenvalue weighted by Gasteiger charge is 2.21. The first-order valence-electron chi connectivity index (χ1n) is 5.37. The Labute approximate surface area is 89.7 Å². The summed E-state index contributed by atoms with van der Waals surface area (Å²) < 4.78 is 5.61. The number of aliphatic hydroxyl groups excluding tert-OH is 1. The number of nitrogens with two attached hydrogens (primary N) is 1. The van der Waals surface area contributed by atoms with E-state index in [1.165, 1.54) is 0 Å². The molecule has 15 heavy (non-hydrogen) atoms. The molecule has 1 atom stereocenters. The molecular weight excluding hydrogens is 192 g/mol. The number of aryl methyl sites for hydroxylation is 1. The zero-order chi connectivity index (χ0) is 10.8. The third kappa shape index (κ3) is 2.40. The van der Waals surface area contributed by atoms with Crippen molar-refractivity contribution in [2.24, 2.45) is 5.73 Å². The maximum absolute atomic E-state index is 9.39. The lowest BCUT2D eigenvalue weighted by Gasteiger charge is -2.12. The number of aliphatic hydroxyl groups is 1. The van der Waals surface area contributed by atoms with E-state index in [0.717, 1.165) is 43.1 Å². The molecule has 0 aromatic carbocycles. The van der Waals surface area contributed by atoms with Gasteiger partial charge in [0.05, 0.1) is 19.2 Å². The van der Waals surface area contributed by atoms with Crippen LogP contribution in [0, 0.1) is 6.92 Å². The highest BCUT2D eigenvalue weighted by atomic mass is 16.3. The molecule has 1 aromatic heterocycles. The Kier molecular flexibility index (Phi) is 3.09. The van der Waals surface area contributed by atoms with Crippen LogP contribution in [0.2, 0.25) is 0 Å². The molecule has 0 aliphatic carbocycles. The molecule has 1 aromatic rings. The van der Waals surface area contributed by atoms with Crippen LogP contribution in [0.3, 0.4) is 0 Å². The summed E-state index contributed by atoms with van der Waals surface area (Å²) in [6.07, 6.45) is 0.693. The van der Waals surface area contributed by atoms with Crippen LogP contribution in [0.4, 0.5) is 0 Å². The summed E-state index contributed by atoms with van der Waals surface area (Å²) in [7, 11) is 0. The second-order valence-corrected chi connectivity index (χ2v) is 4.20. The van der Waals surface area contributed by atoms with E-state index in [0.29, 0.717) is 6.54 Å². The van der Waals surface area contributed by atoms with Gasteiger partial charge in [-0.25, -0.2) is 0 Å². The van der Waals surface area contributed by atoms with Gasteiger partial charge in [-0.2, -0.15) is 0 Å². The van der Waals surface area contributed by atoms with Crippen molar-refractivity contribution in [2.45, 2.75) is 32.5 Å². The van der Waals surface area contributed by atoms with Crippen molar-refractivity contribution in [3.8, 4) is 0 Å². The summed E-state index contributed by atoms with van der Waals surface area (Å²) in [6.45, 7) is 4.93. The number of rotatable bonds is 3. The molecule has 0 amide bonds. The SMILES string of the molecule is Cc1cc(CN2CCC(O)C2)oc1CN. The zero-order valence-corrected chi connectivity index (χ0v) is 9.07. The predicted molar refractivity (Wildman–Crippen MR) is 57.2 cm³/mol. The fourth-order valence-electron chi connectivity index (χ4n) is 2.05. The zero-order valence-electron chi connectivity index (χ0n) is 9.07. The Morgan fingerprint density at radius 2 is 2.47 bits per heavy atom. The minimum absolute atomic E-state index is 0.171. The van der Waals surface area contributed by atoms with Crippen LogP contribution < -0.4 is 5.73 Å². The summed E-state index contributed by atoms with van der Waals surface area (Å²) in [5.74, 6) is 1.81. The Balaban J connectivity index is 1.98. The molecule has 1 fully saturated rings. The van der Waals surface area contributed by atoms with E-state index in [1.807, 2.05) is 13.0 Å². The quantitative estimate of drug-likeness (QED) is 0.767. The van der Waals surface area contributed by atoms with Gasteiger partial charge >= 0.3 is 0 Å². The molecule has 1 aliphatic heterocycles. The maximum Gasteiger partial charge on any atom is 0.120 e. The maximum atomic E-state index is 9.39. The number of hydrogen-bond acceptors (Lipinski definition) is 4. The molecule has 0 radical (unpaired) electrons. The van der Waals surface area contributed by atoms with Gasteiger partial charge in [-0.1, -0.05) is 0 Å². The molecule has 2 heterocycles. The van der Waals surface area contributed by atoms with Crippen LogP contribution in [0.25, 0.3) is 0 Å². The smallest absolute Gasteiger partial charge is 0.120 e. The first-order valence-corrected chi connectivity index (χ1v) is 5.37. The van der Waals surface area contributed by atoms with Crippen molar-refractivity contribution in [3.05, 3.63) is 23.2 Å². The lowest BCUT2D eigenvalue weighted by atomic mass is 10.2. The van der Waals surface area contributed by atoms with Gasteiger partial charge in [0.1, 0.15) is 11.5 Å². The molecule has 1 unspecified atom stereocenters. The van der Waals surface area contributed by atoms with E-state index in [-0.39, 0.29) is 6.10 Å². The second kappa shape index (κ2) is 4.35. The summed E-state index contributed by atoms with van der Waals surface area (Å²) in [6, 6.07) is 2.03. The molecule has 0 saturated carbocycles. The van der Waals surface area contributed by atoms with Gasteiger partial charge in [-0.05, 0) is 25.0 Å². The second-order valence-electron chi connectivity index (χ2n) is 4.20. The van der Waals surface area contributed by atoms with E-state index in [9.17, 15) is 5.11 Å². The minimum Gasteiger partial charge on any atom is -0.463 e. The van der Waals surface area contributed by atoms with Crippen LogP contribution in [0.15, 0.2) is 10.5 Å². The van der Waals surface area contributed by atoms with Crippen molar-refractivity contribution in [2.75, 3.05) is 13.1 Å². The van der Waals surface area contributed by atoms with Crippen molar-refractivity contribution < 1.29 is 9.52 Å². The fourth-order valence-corrected chi connectivity index (χ4v) is 2.05. The number of furan rings is 1. The molecule has 4 nitrogen and oxygen atoms in total. The Morgan fingerprint density at radius 1 is 1.67 bits per heavy atom. The molecule has 1 saturated heterocycles. The topological polar surface area (TPSA) is 62.6 Å². The highest BCUT2D eigenvalue weighted by molar-refractivity contribution is 5.19. The van der Waals surface area contributed by atoms with E-state index in [4.69, 9.17) is 10.2 Å². The summed E-state index contributed by atoms with van der Waals surface area (Å²) in [5.41, 5.74) is 6.66. The third-order valence-electron chi connectivity index (χ3n) is 2.88. The standard InChI is InChI=1S/C11H18N2O2/c1-8-4-10(15-11(8)5-12)7-13-3-2-9(14)6-13/h4,9,14H,2-3,5-7,12H2,1H3. The molecule has 0 bridgehead atoms. The predicted octanol–water partition coefficient (Wildman–Crippen LogP) is 0.613. The molecular formula is C11H18N2O2. The molecule has 4 heteroatoms. The van der Waals surface area contributed by atoms with Gasteiger partial charge in [-0.3, -0.25) is 4.90 Å². The average molecular weight is 210 g/mol. The lowest BCUT2D eigenvalue weighted by Crippen LogP contribution is -2.21. The van der Waals surface area contributed by atoms with Gasteiger partial charge in [0.25, 0.3) is 0 Å². The largest absolute Gasteiger partial charge is 0.463 e. The molecule has 0 spiro atoms. The molecule has 1 aliphatic rings. The summed E-state index contributed by atoms with van der Waals surface area (Å²) in [5, 5.41) is 9.39. The lowest BCUT2D eigenvalue weighted by molar-refractivity contribution is 0.171. The minimum atomic E-state index is -0.171. The molecule has 3 N–H and O–H groups in total. The van der Waals surface area contributed by atoms with Crippen molar-refractivity contribution in [1.29, 1.82) is 0 Å². The van der Waals surface area contributed by atoms with Gasteiger partial charge in [0.15, 0.2) is 0 Å². The van der Waals surface area contributed by atoms with Crippen LogP contribution in [-0.4, -0.2) is 29.2 Å². The van der Waals surface area contributed by atoms with Crippen LogP contribution in [0.1, 0.15) is 23.5 Å². The van der Waals surface area contributed by atoms with Gasteiger partial charge in [0.2, 0.25) is 0 Å². The monoisotopic (exact) mass is 210 g/mol. The summed E-state index contributed by atoms with van der Waals surface area (Å²) >= 11 is 0. The average Bonchev–Trinajstić information content (AvgIpc) is 2.73. The van der Waals surface area contributed by atoms with Crippen molar-refractivity contribution >= 4 is 0 Å². The van der Waals surface area contributed by atoms with Crippen LogP contribution >= 0.6 is 0 Å². The Hall–Kier alpha value is -0.840. The first-order chi connectivity index (χ1) is 7.19. The summed E-state index contributed by atoms with van der Waals surface area (Å²) in [4.78, 5) is 2.20. The van der Waals surface area contributed by atoms with Gasteiger partial charge < -0.3 is 15.3 Å². The molecule has 2 rings (SSSR count). The fraction of sp³-hybridized carbons (Fsp3) is 0.636. The Morgan fingerprint density at radius 3 is 3.00 bits per heavy atom. The van der Waals surface area contributed by atoms with Gasteiger partial charge in [-0.15, -0.1) is 0 Å². The van der Waals surface area contributed by atoms with E-state index in [1.54, 1.807) is 0 Å². The number of nitrogens with zero attached hydrogens (tertiary/aromatic N) is 1. The van der Waals surface area contributed by atoms with E-state index < -0.39 is 0 Å².